The highest BCUT2D eigenvalue weighted by atomic mass is 17.0. The molecule has 0 bridgehead atoms. The molecule has 2 atom stereocenters. The van der Waals surface area contributed by atoms with Crippen LogP contribution in [0.2, 0.25) is 0 Å². The molecule has 7 heteroatoms. The maximum Gasteiger partial charge on any atom is 0.294 e. The molecule has 7 nitrogen and oxygen atoms in total. The van der Waals surface area contributed by atoms with E-state index >= 15 is 0 Å². The fourth-order valence-electron chi connectivity index (χ4n) is 1.89. The molecule has 0 unspecified atom stereocenters. The molecule has 0 saturated heterocycles. The standard InChI is InChI=1S/C14H27N3O4/c1-5-6-9-16(10-12(4)21-17(19)20)14(18)13(15)8-7-11(2)3/h12-13H,2,5-10,15H2,1,3-4H3/t12-,13-/m0/s1. The van der Waals surface area contributed by atoms with E-state index in [4.69, 9.17) is 5.73 Å². The van der Waals surface area contributed by atoms with Crippen LogP contribution >= 0.6 is 0 Å². The van der Waals surface area contributed by atoms with Gasteiger partial charge in [-0.1, -0.05) is 18.9 Å². The van der Waals surface area contributed by atoms with E-state index in [2.05, 4.69) is 11.4 Å². The van der Waals surface area contributed by atoms with Crippen LogP contribution in [0.25, 0.3) is 0 Å². The van der Waals surface area contributed by atoms with Crippen LogP contribution in [0.15, 0.2) is 12.2 Å². The van der Waals surface area contributed by atoms with Gasteiger partial charge in [-0.25, -0.2) is 0 Å². The molecule has 0 aromatic rings. The van der Waals surface area contributed by atoms with Gasteiger partial charge in [-0.15, -0.1) is 16.7 Å². The fraction of sp³-hybridized carbons (Fsp3) is 0.786. The molecule has 0 aromatic carbocycles. The van der Waals surface area contributed by atoms with Crippen molar-refractivity contribution in [2.75, 3.05) is 13.1 Å². The van der Waals surface area contributed by atoms with Crippen molar-refractivity contribution >= 4 is 5.91 Å². The number of carbonyl (C=O) groups is 1. The van der Waals surface area contributed by atoms with Gasteiger partial charge in [-0.3, -0.25) is 4.79 Å². The molecule has 0 aromatic heterocycles. The summed E-state index contributed by atoms with van der Waals surface area (Å²) in [5, 5.41) is 9.49. The Hall–Kier alpha value is -1.63. The molecule has 0 rings (SSSR count). The van der Waals surface area contributed by atoms with Gasteiger partial charge in [0.05, 0.1) is 6.04 Å². The second-order valence-corrected chi connectivity index (χ2v) is 5.38. The maximum atomic E-state index is 12.3. The number of rotatable bonds is 11. The molecule has 0 aliphatic carbocycles. The number of carbonyl (C=O) groups excluding carboxylic acids is 1. The summed E-state index contributed by atoms with van der Waals surface area (Å²) in [6.45, 7) is 9.95. The highest BCUT2D eigenvalue weighted by Crippen LogP contribution is 2.08. The summed E-state index contributed by atoms with van der Waals surface area (Å²) >= 11 is 0. The molecule has 1 amide bonds. The van der Waals surface area contributed by atoms with Crippen molar-refractivity contribution < 1.29 is 14.7 Å². The van der Waals surface area contributed by atoms with Crippen molar-refractivity contribution in [3.8, 4) is 0 Å². The second kappa shape index (κ2) is 10.1. The molecule has 2 N–H and O–H groups in total. The van der Waals surface area contributed by atoms with Crippen molar-refractivity contribution in [2.45, 2.75) is 58.6 Å². The van der Waals surface area contributed by atoms with Gasteiger partial charge in [0.25, 0.3) is 5.09 Å². The van der Waals surface area contributed by atoms with E-state index in [9.17, 15) is 14.9 Å². The van der Waals surface area contributed by atoms with Gasteiger partial charge in [0.15, 0.2) is 0 Å². The average molecular weight is 301 g/mol. The predicted octanol–water partition coefficient (Wildman–Crippen LogP) is 1.90. The minimum Gasteiger partial charge on any atom is -0.339 e. The van der Waals surface area contributed by atoms with Crippen LogP contribution in [0.3, 0.4) is 0 Å². The molecule has 0 heterocycles. The summed E-state index contributed by atoms with van der Waals surface area (Å²) in [5.41, 5.74) is 6.88. The first-order valence-corrected chi connectivity index (χ1v) is 7.27. The normalized spacial score (nSPS) is 13.3. The van der Waals surface area contributed by atoms with Crippen LogP contribution < -0.4 is 5.73 Å². The van der Waals surface area contributed by atoms with E-state index < -0.39 is 17.2 Å². The molecule has 0 aliphatic heterocycles. The first-order valence-electron chi connectivity index (χ1n) is 7.27. The maximum absolute atomic E-state index is 12.3. The lowest BCUT2D eigenvalue weighted by atomic mass is 10.1. The molecule has 0 aliphatic rings. The first kappa shape index (κ1) is 19.4. The number of nitrogens with zero attached hydrogens (tertiary/aromatic N) is 2. The Balaban J connectivity index is 4.59. The summed E-state index contributed by atoms with van der Waals surface area (Å²) in [6, 6.07) is -0.610. The smallest absolute Gasteiger partial charge is 0.294 e. The Morgan fingerprint density at radius 1 is 1.52 bits per heavy atom. The third-order valence-corrected chi connectivity index (χ3v) is 3.04. The summed E-state index contributed by atoms with van der Waals surface area (Å²) < 4.78 is 0. The topological polar surface area (TPSA) is 98.7 Å². The second-order valence-electron chi connectivity index (χ2n) is 5.38. The van der Waals surface area contributed by atoms with E-state index in [0.717, 1.165) is 18.4 Å². The van der Waals surface area contributed by atoms with Crippen molar-refractivity contribution in [3.05, 3.63) is 22.3 Å². The largest absolute Gasteiger partial charge is 0.339 e. The molecular weight excluding hydrogens is 274 g/mol. The van der Waals surface area contributed by atoms with Gasteiger partial charge < -0.3 is 15.5 Å². The Labute approximate surface area is 126 Å². The Kier molecular flexibility index (Phi) is 9.36. The summed E-state index contributed by atoms with van der Waals surface area (Å²) in [6.07, 6.45) is 2.30. The van der Waals surface area contributed by atoms with Crippen LogP contribution in [0.1, 0.15) is 46.5 Å². The number of nitrogens with two attached hydrogens (primary N) is 1. The van der Waals surface area contributed by atoms with E-state index in [1.807, 2.05) is 13.8 Å². The molecule has 0 radical (unpaired) electrons. The van der Waals surface area contributed by atoms with E-state index in [1.165, 1.54) is 0 Å². The molecule has 0 fully saturated rings. The fourth-order valence-corrected chi connectivity index (χ4v) is 1.89. The van der Waals surface area contributed by atoms with Gasteiger partial charge in [0.2, 0.25) is 5.91 Å². The van der Waals surface area contributed by atoms with Crippen LogP contribution in [0.4, 0.5) is 0 Å². The van der Waals surface area contributed by atoms with Crippen LogP contribution in [0, 0.1) is 10.1 Å². The predicted molar refractivity (Wildman–Crippen MR) is 81.1 cm³/mol. The molecule has 0 saturated carbocycles. The summed E-state index contributed by atoms with van der Waals surface area (Å²) in [5.74, 6) is -0.191. The zero-order valence-corrected chi connectivity index (χ0v) is 13.2. The van der Waals surface area contributed by atoms with Crippen molar-refractivity contribution in [1.82, 2.24) is 4.90 Å². The van der Waals surface area contributed by atoms with E-state index in [1.54, 1.807) is 11.8 Å². The lowest BCUT2D eigenvalue weighted by Gasteiger charge is -2.27. The number of unbranched alkanes of at least 4 members (excludes halogenated alkanes) is 1. The van der Waals surface area contributed by atoms with E-state index in [0.29, 0.717) is 19.4 Å². The van der Waals surface area contributed by atoms with Crippen molar-refractivity contribution in [2.24, 2.45) is 5.73 Å². The van der Waals surface area contributed by atoms with Crippen molar-refractivity contribution in [3.63, 3.8) is 0 Å². The molecular formula is C14H27N3O4. The quantitative estimate of drug-likeness (QED) is 0.357. The van der Waals surface area contributed by atoms with Crippen molar-refractivity contribution in [1.29, 1.82) is 0 Å². The number of hydrogen-bond donors (Lipinski definition) is 1. The Bertz CT molecular complexity index is 360. The van der Waals surface area contributed by atoms with Crippen LogP contribution in [0.5, 0.6) is 0 Å². The lowest BCUT2D eigenvalue weighted by molar-refractivity contribution is -0.767. The lowest BCUT2D eigenvalue weighted by Crippen LogP contribution is -2.47. The summed E-state index contributed by atoms with van der Waals surface area (Å²) in [4.78, 5) is 28.7. The molecule has 122 valence electrons. The van der Waals surface area contributed by atoms with Gasteiger partial charge in [0, 0.05) is 13.1 Å². The van der Waals surface area contributed by atoms with Gasteiger partial charge in [-0.2, -0.15) is 0 Å². The van der Waals surface area contributed by atoms with E-state index in [-0.39, 0.29) is 12.5 Å². The SMILES string of the molecule is C=C(C)CC[C@H](N)C(=O)N(CCCC)C[C@H](C)O[N+](=O)[O-]. The number of amides is 1. The Morgan fingerprint density at radius 3 is 2.62 bits per heavy atom. The van der Waals surface area contributed by atoms with Gasteiger partial charge in [-0.05, 0) is 33.1 Å². The Morgan fingerprint density at radius 2 is 2.14 bits per heavy atom. The minimum atomic E-state index is -0.839. The average Bonchev–Trinajstić information content (AvgIpc) is 2.38. The third-order valence-electron chi connectivity index (χ3n) is 3.04. The monoisotopic (exact) mass is 301 g/mol. The first-order chi connectivity index (χ1) is 9.77. The third kappa shape index (κ3) is 9.01. The van der Waals surface area contributed by atoms with Gasteiger partial charge in [0.1, 0.15) is 6.10 Å². The molecule has 0 spiro atoms. The number of hydrogen-bond acceptors (Lipinski definition) is 5. The summed E-state index contributed by atoms with van der Waals surface area (Å²) in [7, 11) is 0. The zero-order valence-electron chi connectivity index (χ0n) is 13.2. The zero-order chi connectivity index (χ0) is 16.4. The number of allylic oxidation sites excluding steroid dienone is 1. The van der Waals surface area contributed by atoms with Crippen LogP contribution in [-0.4, -0.2) is 41.1 Å². The highest BCUT2D eigenvalue weighted by molar-refractivity contribution is 5.81. The van der Waals surface area contributed by atoms with Gasteiger partial charge >= 0.3 is 0 Å². The molecule has 21 heavy (non-hydrogen) atoms. The van der Waals surface area contributed by atoms with Crippen LogP contribution in [-0.2, 0) is 9.63 Å². The minimum absolute atomic E-state index is 0.167. The highest BCUT2D eigenvalue weighted by Gasteiger charge is 2.23.